The van der Waals surface area contributed by atoms with Crippen LogP contribution >= 0.6 is 0 Å². The highest BCUT2D eigenvalue weighted by Gasteiger charge is 2.67. The van der Waals surface area contributed by atoms with E-state index in [0.29, 0.717) is 6.42 Å². The number of hydrogen-bond donors (Lipinski definition) is 0. The fraction of sp³-hybridized carbons (Fsp3) is 1.00. The van der Waals surface area contributed by atoms with Crippen LogP contribution in [0.3, 0.4) is 0 Å². The largest absolute Gasteiger partial charge is 0.308 e. The van der Waals surface area contributed by atoms with Crippen molar-refractivity contribution in [2.45, 2.75) is 48.0 Å². The molecule has 4 rings (SSSR count). The Morgan fingerprint density at radius 1 is 0.778 bits per heavy atom. The molecular formula is C10H14F2O4S2. The van der Waals surface area contributed by atoms with Crippen LogP contribution in [0.1, 0.15) is 38.5 Å². The molecule has 0 spiro atoms. The molecule has 0 aromatic rings. The Bertz CT molecular complexity index is 531. The van der Waals surface area contributed by atoms with Gasteiger partial charge in [0, 0.05) is 0 Å². The van der Waals surface area contributed by atoms with E-state index in [0.717, 1.165) is 0 Å². The van der Waals surface area contributed by atoms with Crippen molar-refractivity contribution in [2.24, 2.45) is 11.8 Å². The summed E-state index contributed by atoms with van der Waals surface area (Å²) in [6.45, 7) is 0. The monoisotopic (exact) mass is 300 g/mol. The number of hydrogen-bond acceptors (Lipinski definition) is 4. The highest BCUT2D eigenvalue weighted by molar-refractivity contribution is 7.89. The van der Waals surface area contributed by atoms with Crippen molar-refractivity contribution in [3.63, 3.8) is 0 Å². The summed E-state index contributed by atoms with van der Waals surface area (Å²) in [5.74, 6) is -0.385. The minimum absolute atomic E-state index is 0.138. The summed E-state index contributed by atoms with van der Waals surface area (Å²) in [6, 6.07) is 0. The van der Waals surface area contributed by atoms with Crippen molar-refractivity contribution in [3.05, 3.63) is 0 Å². The zero-order valence-corrected chi connectivity index (χ0v) is 11.2. The summed E-state index contributed by atoms with van der Waals surface area (Å²) >= 11 is 0. The third-order valence-electron chi connectivity index (χ3n) is 4.99. The molecule has 0 amide bonds. The van der Waals surface area contributed by atoms with E-state index in [9.17, 15) is 24.6 Å². The Morgan fingerprint density at radius 3 is 1.39 bits per heavy atom. The van der Waals surface area contributed by atoms with Gasteiger partial charge in [0.1, 0.15) is 9.49 Å². The SMILES string of the molecule is O=S(=O)(F)C12CC3CC(C1)CC(S(=O)(=O)F)(C3)C2. The molecule has 0 aliphatic heterocycles. The van der Waals surface area contributed by atoms with E-state index >= 15 is 0 Å². The first-order chi connectivity index (χ1) is 8.07. The average molecular weight is 300 g/mol. The Hall–Kier alpha value is -0.240. The van der Waals surface area contributed by atoms with Gasteiger partial charge in [-0.25, -0.2) is 0 Å². The van der Waals surface area contributed by atoms with Crippen LogP contribution in [0.15, 0.2) is 0 Å². The van der Waals surface area contributed by atoms with E-state index in [1.54, 1.807) is 0 Å². The van der Waals surface area contributed by atoms with Crippen LogP contribution in [0, 0.1) is 11.8 Å². The Balaban J connectivity index is 2.15. The van der Waals surface area contributed by atoms with Gasteiger partial charge < -0.3 is 0 Å². The van der Waals surface area contributed by atoms with Gasteiger partial charge in [-0.2, -0.15) is 16.8 Å². The van der Waals surface area contributed by atoms with Crippen LogP contribution < -0.4 is 0 Å². The van der Waals surface area contributed by atoms with Gasteiger partial charge in [-0.15, -0.1) is 7.77 Å². The summed E-state index contributed by atoms with van der Waals surface area (Å²) in [6.07, 6.45) is 0.831. The summed E-state index contributed by atoms with van der Waals surface area (Å²) in [5.41, 5.74) is 0. The van der Waals surface area contributed by atoms with Gasteiger partial charge in [-0.3, -0.25) is 0 Å². The lowest BCUT2D eigenvalue weighted by molar-refractivity contribution is 0.0440. The molecule has 8 heteroatoms. The van der Waals surface area contributed by atoms with Crippen LogP contribution in [0.5, 0.6) is 0 Å². The molecule has 0 radical (unpaired) electrons. The maximum absolute atomic E-state index is 13.5. The van der Waals surface area contributed by atoms with Crippen LogP contribution in [-0.4, -0.2) is 26.3 Å². The summed E-state index contributed by atoms with van der Waals surface area (Å²) in [5, 5.41) is 0. The zero-order chi connectivity index (χ0) is 13.4. The maximum Gasteiger partial charge on any atom is 0.308 e. The molecule has 4 saturated carbocycles. The molecule has 104 valence electrons. The second-order valence-corrected chi connectivity index (χ2v) is 9.69. The van der Waals surface area contributed by atoms with Crippen LogP contribution in [-0.2, 0) is 20.4 Å². The fourth-order valence-corrected chi connectivity index (χ4v) is 7.39. The van der Waals surface area contributed by atoms with E-state index < -0.39 is 36.4 Å². The highest BCUT2D eigenvalue weighted by Crippen LogP contribution is 2.63. The zero-order valence-electron chi connectivity index (χ0n) is 9.60. The van der Waals surface area contributed by atoms with E-state index in [2.05, 4.69) is 0 Å². The molecular weight excluding hydrogens is 286 g/mol. The predicted octanol–water partition coefficient (Wildman–Crippen LogP) is 1.68. The third kappa shape index (κ3) is 1.51. The first-order valence-corrected chi connectivity index (χ1v) is 8.72. The van der Waals surface area contributed by atoms with Gasteiger partial charge in [0.05, 0.1) is 0 Å². The van der Waals surface area contributed by atoms with E-state index in [-0.39, 0.29) is 37.5 Å². The van der Waals surface area contributed by atoms with Crippen molar-refractivity contribution >= 4 is 20.4 Å². The van der Waals surface area contributed by atoms with Crippen LogP contribution in [0.25, 0.3) is 0 Å². The first kappa shape index (κ1) is 12.8. The minimum Gasteiger partial charge on any atom is -0.194 e. The van der Waals surface area contributed by atoms with Gasteiger partial charge in [0.15, 0.2) is 0 Å². The normalized spacial score (nSPS) is 47.4. The quantitative estimate of drug-likeness (QED) is 0.728. The standard InChI is InChI=1S/C10H14F2O4S2/c11-17(13,14)9-2-7-1-8(4-9)5-10(3-7,6-9)18(12,15)16/h7-8H,1-6H2. The second-order valence-electron chi connectivity index (χ2n) is 6.20. The lowest BCUT2D eigenvalue weighted by Gasteiger charge is -2.58. The molecule has 0 N–H and O–H groups in total. The third-order valence-corrected chi connectivity index (χ3v) is 8.01. The molecule has 4 bridgehead atoms. The van der Waals surface area contributed by atoms with Crippen LogP contribution in [0.4, 0.5) is 7.77 Å². The first-order valence-electron chi connectivity index (χ1n) is 5.95. The lowest BCUT2D eigenvalue weighted by Crippen LogP contribution is -2.63. The lowest BCUT2D eigenvalue weighted by atomic mass is 9.55. The molecule has 0 saturated heterocycles. The molecule has 4 aliphatic carbocycles. The minimum atomic E-state index is -4.85. The average Bonchev–Trinajstić information content (AvgIpc) is 2.11. The summed E-state index contributed by atoms with van der Waals surface area (Å²) < 4.78 is 69.3. The molecule has 18 heavy (non-hydrogen) atoms. The Labute approximate surface area is 105 Å². The van der Waals surface area contributed by atoms with E-state index in [1.165, 1.54) is 0 Å². The molecule has 0 atom stereocenters. The van der Waals surface area contributed by atoms with Gasteiger partial charge in [0.25, 0.3) is 0 Å². The molecule has 0 aromatic carbocycles. The number of halogens is 2. The van der Waals surface area contributed by atoms with Crippen molar-refractivity contribution in [3.8, 4) is 0 Å². The Kier molecular flexibility index (Phi) is 2.31. The predicted molar refractivity (Wildman–Crippen MR) is 60.2 cm³/mol. The molecule has 4 nitrogen and oxygen atoms in total. The van der Waals surface area contributed by atoms with E-state index in [4.69, 9.17) is 0 Å². The molecule has 4 fully saturated rings. The fourth-order valence-electron chi connectivity index (χ4n) is 4.67. The topological polar surface area (TPSA) is 68.3 Å². The highest BCUT2D eigenvalue weighted by atomic mass is 32.3. The van der Waals surface area contributed by atoms with E-state index in [1.807, 2.05) is 0 Å². The second kappa shape index (κ2) is 3.26. The van der Waals surface area contributed by atoms with Gasteiger partial charge in [0.2, 0.25) is 0 Å². The molecule has 0 aromatic heterocycles. The molecule has 0 unspecified atom stereocenters. The van der Waals surface area contributed by atoms with Crippen molar-refractivity contribution in [2.75, 3.05) is 0 Å². The Morgan fingerprint density at radius 2 is 1.11 bits per heavy atom. The number of rotatable bonds is 2. The van der Waals surface area contributed by atoms with Crippen molar-refractivity contribution in [1.29, 1.82) is 0 Å². The van der Waals surface area contributed by atoms with Gasteiger partial charge in [-0.1, -0.05) is 0 Å². The van der Waals surface area contributed by atoms with Gasteiger partial charge in [-0.05, 0) is 50.4 Å². The molecule has 0 heterocycles. The molecule has 4 aliphatic rings. The van der Waals surface area contributed by atoms with Crippen LogP contribution in [0.2, 0.25) is 0 Å². The maximum atomic E-state index is 13.5. The van der Waals surface area contributed by atoms with Crippen molar-refractivity contribution in [1.82, 2.24) is 0 Å². The summed E-state index contributed by atoms with van der Waals surface area (Å²) in [7, 11) is -9.70. The van der Waals surface area contributed by atoms with Gasteiger partial charge >= 0.3 is 20.4 Å². The van der Waals surface area contributed by atoms with Crippen molar-refractivity contribution < 1.29 is 24.6 Å². The summed E-state index contributed by atoms with van der Waals surface area (Å²) in [4.78, 5) is 0. The smallest absolute Gasteiger partial charge is 0.194 e.